The topological polar surface area (TPSA) is 67.2 Å². The van der Waals surface area contributed by atoms with E-state index in [1.807, 2.05) is 11.8 Å². The average molecular weight is 450 g/mol. The Morgan fingerprint density at radius 1 is 0.871 bits per heavy atom. The molecule has 0 aromatic heterocycles. The summed E-state index contributed by atoms with van der Waals surface area (Å²) in [5.41, 5.74) is 5.79. The molecule has 0 aliphatic rings. The quantitative estimate of drug-likeness (QED) is 0.111. The van der Waals surface area contributed by atoms with E-state index in [0.29, 0.717) is 12.4 Å². The van der Waals surface area contributed by atoms with Gasteiger partial charge < -0.3 is 10.6 Å². The number of allylic oxidation sites excluding steroid dienone is 7. The molecular formula is C25H43N3O2S. The number of thioether (sulfide) groups is 1. The lowest BCUT2D eigenvalue weighted by Gasteiger charge is -2.07. The smallest absolute Gasteiger partial charge is 0.274 e. The van der Waals surface area contributed by atoms with Crippen LogP contribution in [0, 0.1) is 10.1 Å². The summed E-state index contributed by atoms with van der Waals surface area (Å²) in [4.78, 5) is 10.0. The predicted molar refractivity (Wildman–Crippen MR) is 138 cm³/mol. The molecule has 0 fully saturated rings. The van der Waals surface area contributed by atoms with Crippen molar-refractivity contribution >= 4 is 11.8 Å². The Bertz CT molecular complexity index is 672. The van der Waals surface area contributed by atoms with Gasteiger partial charge in [-0.25, -0.2) is 0 Å². The second kappa shape index (κ2) is 18.8. The van der Waals surface area contributed by atoms with E-state index in [4.69, 9.17) is 0 Å². The highest BCUT2D eigenvalue weighted by atomic mass is 32.2. The van der Waals surface area contributed by atoms with Crippen LogP contribution >= 0.6 is 11.8 Å². The van der Waals surface area contributed by atoms with Crippen LogP contribution in [0.25, 0.3) is 0 Å². The van der Waals surface area contributed by atoms with Crippen molar-refractivity contribution in [1.82, 2.24) is 10.6 Å². The summed E-state index contributed by atoms with van der Waals surface area (Å²) < 4.78 is 0. The molecule has 0 spiro atoms. The highest BCUT2D eigenvalue weighted by Crippen LogP contribution is 2.14. The molecule has 0 aliphatic heterocycles. The molecule has 0 heterocycles. The lowest BCUT2D eigenvalue weighted by atomic mass is 10.0. The van der Waals surface area contributed by atoms with Gasteiger partial charge in [0.15, 0.2) is 5.82 Å². The van der Waals surface area contributed by atoms with Gasteiger partial charge in [-0.15, -0.1) is 0 Å². The van der Waals surface area contributed by atoms with Gasteiger partial charge in [0.25, 0.3) is 6.20 Å². The number of nitrogens with zero attached hydrogens (tertiary/aromatic N) is 1. The van der Waals surface area contributed by atoms with Crippen LogP contribution in [0.3, 0.4) is 0 Å². The van der Waals surface area contributed by atoms with Gasteiger partial charge in [0.2, 0.25) is 0 Å². The highest BCUT2D eigenvalue weighted by molar-refractivity contribution is 7.99. The summed E-state index contributed by atoms with van der Waals surface area (Å²) in [6.45, 7) is 11.7. The Morgan fingerprint density at radius 2 is 1.39 bits per heavy atom. The minimum Gasteiger partial charge on any atom is -0.370 e. The van der Waals surface area contributed by atoms with E-state index in [9.17, 15) is 10.1 Å². The summed E-state index contributed by atoms with van der Waals surface area (Å²) in [5.74, 6) is 2.32. The van der Waals surface area contributed by atoms with E-state index in [2.05, 4.69) is 69.6 Å². The van der Waals surface area contributed by atoms with Crippen molar-refractivity contribution in [3.63, 3.8) is 0 Å². The van der Waals surface area contributed by atoms with Crippen molar-refractivity contribution in [3.05, 3.63) is 68.7 Å². The molecule has 0 aromatic rings. The van der Waals surface area contributed by atoms with Gasteiger partial charge in [-0.05, 0) is 73.1 Å². The zero-order valence-electron chi connectivity index (χ0n) is 20.4. The fourth-order valence-electron chi connectivity index (χ4n) is 2.83. The van der Waals surface area contributed by atoms with Gasteiger partial charge in [0, 0.05) is 25.1 Å². The van der Waals surface area contributed by atoms with Crippen molar-refractivity contribution in [2.24, 2.45) is 0 Å². The molecule has 31 heavy (non-hydrogen) atoms. The average Bonchev–Trinajstić information content (AvgIpc) is 2.69. The van der Waals surface area contributed by atoms with E-state index < -0.39 is 4.92 Å². The van der Waals surface area contributed by atoms with Crippen molar-refractivity contribution in [2.45, 2.75) is 73.1 Å². The van der Waals surface area contributed by atoms with Crippen LogP contribution in [0.4, 0.5) is 0 Å². The zero-order chi connectivity index (χ0) is 23.5. The fourth-order valence-corrected chi connectivity index (χ4v) is 3.65. The standard InChI is InChI=1S/C25H43N3O2S/c1-21(2)10-7-11-22(3)12-8-13-23(4)14-9-15-24(5)16-18-31-19-17-27-25(26-6)20-28(29)30/h10,12,14,16,20,26-27H,7-9,11,13,15,17-19H2,1-6H3/b22-12+,23-14+,24-16+,25-20-. The Labute approximate surface area is 194 Å². The Balaban J connectivity index is 3.98. The minimum absolute atomic E-state index is 0.439. The fraction of sp³-hybridized carbons (Fsp3) is 0.600. The van der Waals surface area contributed by atoms with Crippen LogP contribution in [0.5, 0.6) is 0 Å². The van der Waals surface area contributed by atoms with Crippen molar-refractivity contribution in [3.8, 4) is 0 Å². The van der Waals surface area contributed by atoms with Gasteiger partial charge >= 0.3 is 0 Å². The van der Waals surface area contributed by atoms with Gasteiger partial charge in [0.1, 0.15) is 0 Å². The largest absolute Gasteiger partial charge is 0.370 e. The maximum atomic E-state index is 10.5. The third-order valence-electron chi connectivity index (χ3n) is 4.77. The molecule has 0 atom stereocenters. The predicted octanol–water partition coefficient (Wildman–Crippen LogP) is 6.75. The Kier molecular flexibility index (Phi) is 17.6. The van der Waals surface area contributed by atoms with Gasteiger partial charge in [-0.3, -0.25) is 10.1 Å². The third-order valence-corrected chi connectivity index (χ3v) is 5.66. The van der Waals surface area contributed by atoms with Crippen LogP contribution in [0.15, 0.2) is 58.6 Å². The molecule has 176 valence electrons. The van der Waals surface area contributed by atoms with Crippen molar-refractivity contribution in [1.29, 1.82) is 0 Å². The van der Waals surface area contributed by atoms with Crippen LogP contribution in [0.2, 0.25) is 0 Å². The van der Waals surface area contributed by atoms with Gasteiger partial charge in [0.05, 0.1) is 4.92 Å². The first-order valence-electron chi connectivity index (χ1n) is 11.2. The molecular weight excluding hydrogens is 406 g/mol. The summed E-state index contributed by atoms with van der Waals surface area (Å²) >= 11 is 1.82. The van der Waals surface area contributed by atoms with Crippen molar-refractivity contribution in [2.75, 3.05) is 25.1 Å². The van der Waals surface area contributed by atoms with E-state index in [1.165, 1.54) is 22.3 Å². The molecule has 0 aromatic carbocycles. The van der Waals surface area contributed by atoms with E-state index in [-0.39, 0.29) is 0 Å². The lowest BCUT2D eigenvalue weighted by molar-refractivity contribution is -0.404. The van der Waals surface area contributed by atoms with Gasteiger partial charge in [-0.2, -0.15) is 11.8 Å². The van der Waals surface area contributed by atoms with E-state index in [1.54, 1.807) is 7.05 Å². The number of hydrogen-bond acceptors (Lipinski definition) is 5. The molecule has 5 nitrogen and oxygen atoms in total. The second-order valence-corrected chi connectivity index (χ2v) is 9.28. The van der Waals surface area contributed by atoms with Crippen molar-refractivity contribution < 1.29 is 4.92 Å². The zero-order valence-corrected chi connectivity index (χ0v) is 21.2. The van der Waals surface area contributed by atoms with Crippen LogP contribution < -0.4 is 10.6 Å². The highest BCUT2D eigenvalue weighted by Gasteiger charge is 1.99. The minimum atomic E-state index is -0.459. The number of nitrogens with one attached hydrogen (secondary N) is 2. The molecule has 0 aliphatic carbocycles. The SMILES string of the molecule is CN/C(=C/[N+](=O)[O-])NCCSC/C=C(\C)CC/C=C(\C)CC/C=C(\C)CCC=C(C)C. The summed E-state index contributed by atoms with van der Waals surface area (Å²) in [6, 6.07) is 0. The van der Waals surface area contributed by atoms with E-state index in [0.717, 1.165) is 56.2 Å². The number of nitro groups is 1. The van der Waals surface area contributed by atoms with E-state index >= 15 is 0 Å². The molecule has 0 unspecified atom stereocenters. The second-order valence-electron chi connectivity index (χ2n) is 8.13. The first kappa shape index (κ1) is 29.1. The molecule has 0 amide bonds. The number of hydrogen-bond donors (Lipinski definition) is 2. The lowest BCUT2D eigenvalue weighted by Crippen LogP contribution is -2.26. The molecule has 0 bridgehead atoms. The third kappa shape index (κ3) is 19.7. The normalized spacial score (nSPS) is 13.2. The Morgan fingerprint density at radius 3 is 1.87 bits per heavy atom. The number of rotatable bonds is 17. The summed E-state index contributed by atoms with van der Waals surface area (Å²) in [7, 11) is 1.67. The monoisotopic (exact) mass is 449 g/mol. The summed E-state index contributed by atoms with van der Waals surface area (Å²) in [5, 5.41) is 16.3. The van der Waals surface area contributed by atoms with Crippen LogP contribution in [-0.2, 0) is 0 Å². The first-order chi connectivity index (χ1) is 14.7. The molecule has 0 saturated carbocycles. The molecule has 0 rings (SSSR count). The van der Waals surface area contributed by atoms with Gasteiger partial charge in [-0.1, -0.05) is 46.6 Å². The molecule has 2 N–H and O–H groups in total. The summed E-state index contributed by atoms with van der Waals surface area (Å²) in [6.07, 6.45) is 17.1. The molecule has 6 heteroatoms. The van der Waals surface area contributed by atoms with Crippen LogP contribution in [0.1, 0.15) is 73.1 Å². The van der Waals surface area contributed by atoms with Crippen LogP contribution in [-0.4, -0.2) is 30.0 Å². The maximum absolute atomic E-state index is 10.5. The first-order valence-corrected chi connectivity index (χ1v) is 12.3. The maximum Gasteiger partial charge on any atom is 0.274 e. The molecule has 0 radical (unpaired) electrons. The Hall–Kier alpha value is -1.95. The molecule has 0 saturated heterocycles.